The number of alkyl halides is 3. The molecule has 0 aromatic heterocycles. The van der Waals surface area contributed by atoms with Crippen LogP contribution in [-0.4, -0.2) is 29.9 Å². The topological polar surface area (TPSA) is 58.4 Å². The van der Waals surface area contributed by atoms with Gasteiger partial charge in [0.2, 0.25) is 0 Å². The van der Waals surface area contributed by atoms with E-state index in [0.717, 1.165) is 25.0 Å². The molecule has 3 N–H and O–H groups in total. The highest BCUT2D eigenvalue weighted by atomic mass is 19.4. The number of rotatable bonds is 4. The van der Waals surface area contributed by atoms with Crippen LogP contribution in [0.15, 0.2) is 48.5 Å². The van der Waals surface area contributed by atoms with Crippen LogP contribution in [0.3, 0.4) is 0 Å². The van der Waals surface area contributed by atoms with Gasteiger partial charge in [0, 0.05) is 24.8 Å². The predicted molar refractivity (Wildman–Crippen MR) is 103 cm³/mol. The fourth-order valence-corrected chi connectivity index (χ4v) is 3.50. The van der Waals surface area contributed by atoms with Gasteiger partial charge < -0.3 is 16.0 Å². The van der Waals surface area contributed by atoms with Crippen LogP contribution in [0.25, 0.3) is 0 Å². The molecule has 150 valence electrons. The molecule has 1 amide bonds. The molecule has 2 atom stereocenters. The zero-order chi connectivity index (χ0) is 20.3. The average Bonchev–Trinajstić information content (AvgIpc) is 2.67. The van der Waals surface area contributed by atoms with Crippen molar-refractivity contribution < 1.29 is 18.0 Å². The number of para-hydroxylation sites is 1. The van der Waals surface area contributed by atoms with Crippen LogP contribution in [0, 0.1) is 5.92 Å². The zero-order valence-corrected chi connectivity index (χ0v) is 15.7. The van der Waals surface area contributed by atoms with Gasteiger partial charge in [0.25, 0.3) is 5.91 Å². The number of likely N-dealkylation sites (tertiary alicyclic amines) is 1. The van der Waals surface area contributed by atoms with Crippen LogP contribution >= 0.6 is 0 Å². The van der Waals surface area contributed by atoms with Crippen LogP contribution in [0.5, 0.6) is 0 Å². The summed E-state index contributed by atoms with van der Waals surface area (Å²) in [5, 5.41) is 2.97. The Morgan fingerprint density at radius 2 is 1.96 bits per heavy atom. The Balaban J connectivity index is 1.83. The van der Waals surface area contributed by atoms with Crippen molar-refractivity contribution in [3.8, 4) is 0 Å². The van der Waals surface area contributed by atoms with Gasteiger partial charge >= 0.3 is 6.18 Å². The predicted octanol–water partition coefficient (Wildman–Crippen LogP) is 4.65. The Bertz CT molecular complexity index is 836. The van der Waals surface area contributed by atoms with E-state index in [4.69, 9.17) is 5.73 Å². The highest BCUT2D eigenvalue weighted by Crippen LogP contribution is 2.32. The monoisotopic (exact) mass is 391 g/mol. The molecule has 2 unspecified atom stereocenters. The molecule has 0 aliphatic carbocycles. The molecular weight excluding hydrogens is 367 g/mol. The van der Waals surface area contributed by atoms with Crippen molar-refractivity contribution in [2.24, 2.45) is 11.7 Å². The van der Waals surface area contributed by atoms with Crippen molar-refractivity contribution in [2.45, 2.75) is 32.0 Å². The van der Waals surface area contributed by atoms with Gasteiger partial charge in [-0.2, -0.15) is 13.2 Å². The average molecular weight is 391 g/mol. The summed E-state index contributed by atoms with van der Waals surface area (Å²) in [6, 6.07) is 11.8. The highest BCUT2D eigenvalue weighted by Gasteiger charge is 2.31. The first kappa shape index (κ1) is 20.2. The number of amides is 1. The Morgan fingerprint density at radius 1 is 1.21 bits per heavy atom. The number of carbonyl (C=O) groups is 1. The lowest BCUT2D eigenvalue weighted by Gasteiger charge is -2.35. The molecule has 28 heavy (non-hydrogen) atoms. The molecule has 0 saturated carbocycles. The summed E-state index contributed by atoms with van der Waals surface area (Å²) in [4.78, 5) is 14.9. The van der Waals surface area contributed by atoms with Gasteiger partial charge in [0.15, 0.2) is 0 Å². The minimum absolute atomic E-state index is 0.00840. The number of hydrogen-bond donors (Lipinski definition) is 2. The number of carbonyl (C=O) groups excluding carboxylic acids is 1. The van der Waals surface area contributed by atoms with E-state index >= 15 is 0 Å². The van der Waals surface area contributed by atoms with Crippen LogP contribution < -0.4 is 11.1 Å². The third kappa shape index (κ3) is 4.65. The molecule has 1 fully saturated rings. The standard InChI is InChI=1S/C21H24F3N3O/c1-14(25)15-6-5-11-27(13-15)20(28)18-9-2-3-10-19(18)26-17-8-4-7-16(12-17)21(22,23)24/h2-4,7-10,12,14-15,26H,5-6,11,13,25H2,1H3. The van der Waals surface area contributed by atoms with Crippen molar-refractivity contribution in [2.75, 3.05) is 18.4 Å². The second kappa shape index (κ2) is 8.22. The van der Waals surface area contributed by atoms with E-state index in [1.165, 1.54) is 6.07 Å². The number of anilines is 2. The number of nitrogens with one attached hydrogen (secondary N) is 1. The molecule has 2 aromatic carbocycles. The lowest BCUT2D eigenvalue weighted by molar-refractivity contribution is -0.137. The third-order valence-electron chi connectivity index (χ3n) is 5.12. The fraction of sp³-hybridized carbons (Fsp3) is 0.381. The molecule has 0 spiro atoms. The first-order chi connectivity index (χ1) is 13.3. The number of benzene rings is 2. The summed E-state index contributed by atoms with van der Waals surface area (Å²) in [6.45, 7) is 3.19. The molecule has 1 saturated heterocycles. The maximum atomic E-state index is 13.1. The maximum absolute atomic E-state index is 13.1. The quantitative estimate of drug-likeness (QED) is 0.798. The maximum Gasteiger partial charge on any atom is 0.416 e. The van der Waals surface area contributed by atoms with Gasteiger partial charge in [0.1, 0.15) is 0 Å². The fourth-order valence-electron chi connectivity index (χ4n) is 3.50. The Kier molecular flexibility index (Phi) is 5.93. The first-order valence-corrected chi connectivity index (χ1v) is 9.34. The van der Waals surface area contributed by atoms with E-state index in [1.54, 1.807) is 35.2 Å². The summed E-state index contributed by atoms with van der Waals surface area (Å²) < 4.78 is 38.9. The molecule has 0 bridgehead atoms. The Labute approximate surface area is 162 Å². The van der Waals surface area contributed by atoms with Crippen molar-refractivity contribution in [3.63, 3.8) is 0 Å². The minimum Gasteiger partial charge on any atom is -0.355 e. The van der Waals surface area contributed by atoms with Crippen LogP contribution in [0.1, 0.15) is 35.7 Å². The SMILES string of the molecule is CC(N)C1CCCN(C(=O)c2ccccc2Nc2cccc(C(F)(F)F)c2)C1. The zero-order valence-electron chi connectivity index (χ0n) is 15.7. The second-order valence-electron chi connectivity index (χ2n) is 7.26. The molecule has 1 aliphatic heterocycles. The summed E-state index contributed by atoms with van der Waals surface area (Å²) in [5.74, 6) is 0.113. The molecule has 2 aromatic rings. The number of nitrogens with two attached hydrogens (primary N) is 1. The van der Waals surface area contributed by atoms with E-state index in [0.29, 0.717) is 24.3 Å². The van der Waals surface area contributed by atoms with Gasteiger partial charge in [0.05, 0.1) is 16.8 Å². The minimum atomic E-state index is -4.42. The van der Waals surface area contributed by atoms with Crippen molar-refractivity contribution in [1.82, 2.24) is 4.90 Å². The summed E-state index contributed by atoms with van der Waals surface area (Å²) in [7, 11) is 0. The van der Waals surface area contributed by atoms with Gasteiger partial charge in [-0.3, -0.25) is 4.79 Å². The summed E-state index contributed by atoms with van der Waals surface area (Å²) in [5.41, 5.74) is 6.46. The van der Waals surface area contributed by atoms with Crippen molar-refractivity contribution in [1.29, 1.82) is 0 Å². The lowest BCUT2D eigenvalue weighted by Crippen LogP contribution is -2.45. The Hall–Kier alpha value is -2.54. The number of hydrogen-bond acceptors (Lipinski definition) is 3. The van der Waals surface area contributed by atoms with Gasteiger partial charge in [-0.25, -0.2) is 0 Å². The largest absolute Gasteiger partial charge is 0.416 e. The van der Waals surface area contributed by atoms with Crippen LogP contribution in [0.2, 0.25) is 0 Å². The van der Waals surface area contributed by atoms with Crippen LogP contribution in [0.4, 0.5) is 24.5 Å². The molecule has 3 rings (SSSR count). The molecule has 1 aliphatic rings. The molecule has 4 nitrogen and oxygen atoms in total. The normalized spacial score (nSPS) is 18.6. The van der Waals surface area contributed by atoms with Gasteiger partial charge in [-0.05, 0) is 56.0 Å². The molecule has 7 heteroatoms. The smallest absolute Gasteiger partial charge is 0.355 e. The lowest BCUT2D eigenvalue weighted by atomic mass is 9.91. The van der Waals surface area contributed by atoms with E-state index in [1.807, 2.05) is 6.92 Å². The molecule has 1 heterocycles. The molecule has 0 radical (unpaired) electrons. The summed E-state index contributed by atoms with van der Waals surface area (Å²) in [6.07, 6.45) is -2.54. The van der Waals surface area contributed by atoms with Gasteiger partial charge in [-0.15, -0.1) is 0 Å². The molecular formula is C21H24F3N3O. The van der Waals surface area contributed by atoms with Crippen molar-refractivity contribution in [3.05, 3.63) is 59.7 Å². The van der Waals surface area contributed by atoms with E-state index < -0.39 is 11.7 Å². The summed E-state index contributed by atoms with van der Waals surface area (Å²) >= 11 is 0. The first-order valence-electron chi connectivity index (χ1n) is 9.34. The number of nitrogens with zero attached hydrogens (tertiary/aromatic N) is 1. The number of piperidine rings is 1. The number of halogens is 3. The van der Waals surface area contributed by atoms with E-state index in [2.05, 4.69) is 5.32 Å². The van der Waals surface area contributed by atoms with E-state index in [9.17, 15) is 18.0 Å². The highest BCUT2D eigenvalue weighted by molar-refractivity contribution is 6.00. The van der Waals surface area contributed by atoms with E-state index in [-0.39, 0.29) is 23.6 Å². The third-order valence-corrected chi connectivity index (χ3v) is 5.12. The van der Waals surface area contributed by atoms with Gasteiger partial charge in [-0.1, -0.05) is 18.2 Å². The Morgan fingerprint density at radius 3 is 2.68 bits per heavy atom. The van der Waals surface area contributed by atoms with Crippen molar-refractivity contribution >= 4 is 17.3 Å². The second-order valence-corrected chi connectivity index (χ2v) is 7.26. The van der Waals surface area contributed by atoms with Crippen LogP contribution in [-0.2, 0) is 6.18 Å².